The van der Waals surface area contributed by atoms with Crippen molar-refractivity contribution in [2.24, 2.45) is 0 Å². The highest BCUT2D eigenvalue weighted by Crippen LogP contribution is 2.17. The molecule has 0 saturated carbocycles. The first-order chi connectivity index (χ1) is 11.1. The van der Waals surface area contributed by atoms with E-state index in [2.05, 4.69) is 20.9 Å². The van der Waals surface area contributed by atoms with Crippen molar-refractivity contribution in [3.05, 3.63) is 46.5 Å². The molecule has 24 heavy (non-hydrogen) atoms. The number of nitrogens with one attached hydrogen (secondary N) is 2. The normalized spacial score (nSPS) is 14.9. The van der Waals surface area contributed by atoms with E-state index in [9.17, 15) is 9.18 Å². The van der Waals surface area contributed by atoms with Crippen molar-refractivity contribution >= 4 is 29.9 Å². The Kier molecular flexibility index (Phi) is 6.53. The Labute approximate surface area is 150 Å². The zero-order valence-electron chi connectivity index (χ0n) is 12.8. The smallest absolute Gasteiger partial charge is 0.273 e. The molecule has 1 fully saturated rings. The summed E-state index contributed by atoms with van der Waals surface area (Å²) in [5, 5.41) is 14.0. The van der Waals surface area contributed by atoms with Gasteiger partial charge in [-0.15, -0.1) is 17.5 Å². The van der Waals surface area contributed by atoms with Crippen LogP contribution >= 0.6 is 24.0 Å². The van der Waals surface area contributed by atoms with E-state index in [0.717, 1.165) is 31.5 Å². The van der Waals surface area contributed by atoms with Crippen molar-refractivity contribution in [3.8, 4) is 0 Å². The number of nitrogens with zero attached hydrogens (tertiary/aromatic N) is 3. The van der Waals surface area contributed by atoms with Gasteiger partial charge in [0.25, 0.3) is 5.91 Å². The summed E-state index contributed by atoms with van der Waals surface area (Å²) in [6.45, 7) is 2.13. The van der Waals surface area contributed by atoms with Crippen LogP contribution in [0.15, 0.2) is 24.4 Å². The Morgan fingerprint density at radius 3 is 2.88 bits per heavy atom. The first-order valence-electron chi connectivity index (χ1n) is 7.48. The van der Waals surface area contributed by atoms with Gasteiger partial charge < -0.3 is 10.6 Å². The summed E-state index contributed by atoms with van der Waals surface area (Å²) in [5.41, 5.74) is 0.993. The molecule has 1 aromatic heterocycles. The molecule has 0 aliphatic carbocycles. The number of hydrogen-bond donors (Lipinski definition) is 2. The summed E-state index contributed by atoms with van der Waals surface area (Å²) in [7, 11) is 0. The van der Waals surface area contributed by atoms with E-state index in [4.69, 9.17) is 11.6 Å². The lowest BCUT2D eigenvalue weighted by molar-refractivity contribution is 0.0946. The third-order valence-corrected chi connectivity index (χ3v) is 4.15. The Bertz CT molecular complexity index is 703. The van der Waals surface area contributed by atoms with Gasteiger partial charge in [0.1, 0.15) is 5.82 Å². The largest absolute Gasteiger partial charge is 0.347 e. The van der Waals surface area contributed by atoms with Crippen LogP contribution in [0.2, 0.25) is 5.02 Å². The van der Waals surface area contributed by atoms with Gasteiger partial charge in [-0.2, -0.15) is 0 Å². The Morgan fingerprint density at radius 1 is 1.42 bits per heavy atom. The van der Waals surface area contributed by atoms with E-state index < -0.39 is 5.82 Å². The predicted molar refractivity (Wildman–Crippen MR) is 91.0 cm³/mol. The van der Waals surface area contributed by atoms with Gasteiger partial charge in [-0.1, -0.05) is 22.9 Å². The van der Waals surface area contributed by atoms with Crippen molar-refractivity contribution in [1.82, 2.24) is 25.6 Å². The molecule has 0 spiro atoms. The molecule has 130 valence electrons. The molecule has 1 aliphatic heterocycles. The predicted octanol–water partition coefficient (Wildman–Crippen LogP) is 2.35. The lowest BCUT2D eigenvalue weighted by Gasteiger charge is -2.22. The molecule has 2 heterocycles. The molecule has 0 unspecified atom stereocenters. The molecular formula is C15H18Cl2FN5O. The standard InChI is InChI=1S/C15H17ClFN5O.ClH/c16-12-7-10(1-2-13(12)17)8-19-15(23)14-9-22(21-20-14)11-3-5-18-6-4-11;/h1-2,7,9,11,18H,3-6,8H2,(H,19,23);1H. The van der Waals surface area contributed by atoms with Crippen LogP contribution in [0.25, 0.3) is 0 Å². The topological polar surface area (TPSA) is 71.8 Å². The lowest BCUT2D eigenvalue weighted by Crippen LogP contribution is -2.29. The van der Waals surface area contributed by atoms with Crippen molar-refractivity contribution < 1.29 is 9.18 Å². The molecule has 1 amide bonds. The van der Waals surface area contributed by atoms with Crippen LogP contribution in [0.3, 0.4) is 0 Å². The van der Waals surface area contributed by atoms with Crippen molar-refractivity contribution in [3.63, 3.8) is 0 Å². The average molecular weight is 374 g/mol. The van der Waals surface area contributed by atoms with E-state index >= 15 is 0 Å². The third kappa shape index (κ3) is 4.43. The molecule has 6 nitrogen and oxygen atoms in total. The summed E-state index contributed by atoms with van der Waals surface area (Å²) >= 11 is 5.72. The molecule has 2 aromatic rings. The zero-order chi connectivity index (χ0) is 16.2. The van der Waals surface area contributed by atoms with E-state index in [-0.39, 0.29) is 41.6 Å². The van der Waals surface area contributed by atoms with Gasteiger partial charge in [0, 0.05) is 6.54 Å². The molecular weight excluding hydrogens is 356 g/mol. The minimum absolute atomic E-state index is 0. The first-order valence-corrected chi connectivity index (χ1v) is 7.86. The minimum atomic E-state index is -0.480. The molecule has 1 saturated heterocycles. The van der Waals surface area contributed by atoms with Gasteiger partial charge in [-0.25, -0.2) is 9.07 Å². The second-order valence-electron chi connectivity index (χ2n) is 5.50. The Balaban J connectivity index is 0.00000208. The van der Waals surface area contributed by atoms with Crippen LogP contribution in [0.5, 0.6) is 0 Å². The molecule has 2 N–H and O–H groups in total. The maximum absolute atomic E-state index is 13.1. The molecule has 1 aromatic carbocycles. The maximum atomic E-state index is 13.1. The quantitative estimate of drug-likeness (QED) is 0.862. The summed E-state index contributed by atoms with van der Waals surface area (Å²) in [6, 6.07) is 4.62. The number of hydrogen-bond acceptors (Lipinski definition) is 4. The SMILES string of the molecule is Cl.O=C(NCc1ccc(F)c(Cl)c1)c1cn(C2CCNCC2)nn1. The van der Waals surface area contributed by atoms with Crippen LogP contribution in [0.4, 0.5) is 4.39 Å². The van der Waals surface area contributed by atoms with Crippen LogP contribution < -0.4 is 10.6 Å². The van der Waals surface area contributed by atoms with Crippen molar-refractivity contribution in [2.45, 2.75) is 25.4 Å². The zero-order valence-corrected chi connectivity index (χ0v) is 14.4. The van der Waals surface area contributed by atoms with E-state index in [1.54, 1.807) is 16.9 Å². The fourth-order valence-electron chi connectivity index (χ4n) is 2.55. The minimum Gasteiger partial charge on any atom is -0.347 e. The van der Waals surface area contributed by atoms with Gasteiger partial charge >= 0.3 is 0 Å². The molecule has 1 aliphatic rings. The van der Waals surface area contributed by atoms with Gasteiger partial charge in [0.15, 0.2) is 5.69 Å². The number of benzene rings is 1. The summed E-state index contributed by atoms with van der Waals surface area (Å²) in [6.07, 6.45) is 3.61. The Hall–Kier alpha value is -1.70. The molecule has 0 bridgehead atoms. The fraction of sp³-hybridized carbons (Fsp3) is 0.400. The highest BCUT2D eigenvalue weighted by atomic mass is 35.5. The van der Waals surface area contributed by atoms with Gasteiger partial charge in [0.05, 0.1) is 17.3 Å². The lowest BCUT2D eigenvalue weighted by atomic mass is 10.1. The second-order valence-corrected chi connectivity index (χ2v) is 5.90. The summed E-state index contributed by atoms with van der Waals surface area (Å²) in [5.74, 6) is -0.794. The molecule has 0 atom stereocenters. The van der Waals surface area contributed by atoms with Gasteiger partial charge in [-0.05, 0) is 43.6 Å². The maximum Gasteiger partial charge on any atom is 0.273 e. The van der Waals surface area contributed by atoms with Crippen LogP contribution in [-0.2, 0) is 6.54 Å². The average Bonchev–Trinajstić information content (AvgIpc) is 3.06. The molecule has 9 heteroatoms. The number of rotatable bonds is 4. The van der Waals surface area contributed by atoms with Crippen molar-refractivity contribution in [2.75, 3.05) is 13.1 Å². The van der Waals surface area contributed by atoms with Gasteiger partial charge in [-0.3, -0.25) is 4.79 Å². The number of amides is 1. The van der Waals surface area contributed by atoms with Crippen LogP contribution in [0, 0.1) is 5.82 Å². The molecule has 3 rings (SSSR count). The highest BCUT2D eigenvalue weighted by molar-refractivity contribution is 6.30. The fourth-order valence-corrected chi connectivity index (χ4v) is 2.76. The van der Waals surface area contributed by atoms with Gasteiger partial charge in [0.2, 0.25) is 0 Å². The highest BCUT2D eigenvalue weighted by Gasteiger charge is 2.18. The number of carbonyl (C=O) groups is 1. The van der Waals surface area contributed by atoms with Crippen molar-refractivity contribution in [1.29, 1.82) is 0 Å². The Morgan fingerprint density at radius 2 is 2.17 bits per heavy atom. The monoisotopic (exact) mass is 373 g/mol. The number of piperidine rings is 1. The first kappa shape index (κ1) is 18.6. The number of carbonyl (C=O) groups excluding carboxylic acids is 1. The van der Waals surface area contributed by atoms with E-state index in [1.165, 1.54) is 12.1 Å². The third-order valence-electron chi connectivity index (χ3n) is 3.86. The molecule has 0 radical (unpaired) electrons. The van der Waals surface area contributed by atoms with E-state index in [1.807, 2.05) is 0 Å². The second kappa shape index (κ2) is 8.41. The van der Waals surface area contributed by atoms with Crippen LogP contribution in [0.1, 0.15) is 34.9 Å². The number of halogens is 3. The number of aromatic nitrogens is 3. The summed E-state index contributed by atoms with van der Waals surface area (Å²) < 4.78 is 14.9. The van der Waals surface area contributed by atoms with E-state index in [0.29, 0.717) is 0 Å². The summed E-state index contributed by atoms with van der Waals surface area (Å²) in [4.78, 5) is 12.1. The van der Waals surface area contributed by atoms with Crippen LogP contribution in [-0.4, -0.2) is 34.0 Å².